The van der Waals surface area contributed by atoms with E-state index < -0.39 is 17.9 Å². The van der Waals surface area contributed by atoms with E-state index in [9.17, 15) is 13.2 Å². The molecule has 0 aliphatic rings. The Kier molecular flexibility index (Phi) is 1.75. The van der Waals surface area contributed by atoms with Gasteiger partial charge in [0.2, 0.25) is 0 Å². The first kappa shape index (κ1) is 6.88. The molecule has 0 saturated carbocycles. The normalized spacial score (nSPS) is 14.1. The Labute approximate surface area is 78.6 Å². The summed E-state index contributed by atoms with van der Waals surface area (Å²) in [5, 5.41) is 0. The Morgan fingerprint density at radius 2 is 2.08 bits per heavy atom. The highest BCUT2D eigenvalue weighted by Crippen LogP contribution is 2.29. The van der Waals surface area contributed by atoms with Gasteiger partial charge in [0.05, 0.1) is 2.74 Å². The predicted octanol–water partition coefficient (Wildman–Crippen LogP) is 3.17. The van der Waals surface area contributed by atoms with Crippen molar-refractivity contribution in [1.29, 1.82) is 0 Å². The Morgan fingerprint density at radius 1 is 1.50 bits per heavy atom. The Morgan fingerprint density at radius 3 is 2.58 bits per heavy atom. The molecule has 0 saturated heterocycles. The zero-order valence-corrected chi connectivity index (χ0v) is 7.55. The van der Waals surface area contributed by atoms with Crippen molar-refractivity contribution in [3.63, 3.8) is 0 Å². The maximum absolute atomic E-state index is 12.3. The number of rotatable bonds is 0. The molecule has 66 valence electrons. The van der Waals surface area contributed by atoms with Crippen molar-refractivity contribution in [3.8, 4) is 0 Å². The van der Waals surface area contributed by atoms with E-state index in [1.165, 1.54) is 6.92 Å². The van der Waals surface area contributed by atoms with E-state index in [1.807, 2.05) is 0 Å². The van der Waals surface area contributed by atoms with Crippen molar-refractivity contribution in [3.05, 3.63) is 27.9 Å². The Balaban J connectivity index is 3.49. The van der Waals surface area contributed by atoms with Crippen molar-refractivity contribution in [2.45, 2.75) is 13.1 Å². The molecule has 1 heterocycles. The van der Waals surface area contributed by atoms with Gasteiger partial charge in [0.25, 0.3) is 0 Å². The first-order chi connectivity index (χ1) is 6.25. The molecule has 0 N–H and O–H groups in total. The molecule has 1 nitrogen and oxygen atoms in total. The fourth-order valence-corrected chi connectivity index (χ4v) is 1.13. The minimum atomic E-state index is -4.65. The zero-order valence-electron chi connectivity index (χ0n) is 7.96. The molecule has 12 heavy (non-hydrogen) atoms. The van der Waals surface area contributed by atoms with Crippen molar-refractivity contribution in [2.75, 3.05) is 0 Å². The third-order valence-electron chi connectivity index (χ3n) is 1.08. The molecule has 0 amide bonds. The van der Waals surface area contributed by atoms with Gasteiger partial charge in [-0.25, -0.2) is 4.98 Å². The van der Waals surface area contributed by atoms with Crippen LogP contribution in [0.4, 0.5) is 13.2 Å². The van der Waals surface area contributed by atoms with Gasteiger partial charge >= 0.3 is 6.18 Å². The van der Waals surface area contributed by atoms with Crippen LogP contribution in [0.15, 0.2) is 16.7 Å². The van der Waals surface area contributed by atoms with Crippen LogP contribution in [0.3, 0.4) is 0 Å². The number of aromatic nitrogens is 1. The minimum absolute atomic E-state index is 0.0424. The van der Waals surface area contributed by atoms with E-state index in [-0.39, 0.29) is 16.2 Å². The molecular formula is C7H5BrF3N. The van der Waals surface area contributed by atoms with Gasteiger partial charge in [0.1, 0.15) is 10.3 Å². The molecular weight excluding hydrogens is 235 g/mol. The number of alkyl halides is 3. The van der Waals surface area contributed by atoms with Crippen molar-refractivity contribution >= 4 is 15.9 Å². The van der Waals surface area contributed by atoms with Gasteiger partial charge < -0.3 is 0 Å². The van der Waals surface area contributed by atoms with Gasteiger partial charge in [0, 0.05) is 0 Å². The van der Waals surface area contributed by atoms with E-state index in [0.717, 1.165) is 0 Å². The summed E-state index contributed by atoms with van der Waals surface area (Å²) in [5.41, 5.74) is -1.31. The average Bonchev–Trinajstić information content (AvgIpc) is 2.06. The molecule has 0 atom stereocenters. The first-order valence-electron chi connectivity index (χ1n) is 3.95. The molecule has 1 aromatic rings. The third-order valence-corrected chi connectivity index (χ3v) is 1.45. The van der Waals surface area contributed by atoms with Gasteiger partial charge in [-0.3, -0.25) is 0 Å². The van der Waals surface area contributed by atoms with Crippen LogP contribution in [0, 0.1) is 6.92 Å². The van der Waals surface area contributed by atoms with E-state index >= 15 is 0 Å². The van der Waals surface area contributed by atoms with Crippen LogP contribution in [0.25, 0.3) is 0 Å². The lowest BCUT2D eigenvalue weighted by Gasteiger charge is -2.06. The highest BCUT2D eigenvalue weighted by Gasteiger charge is 2.32. The second-order valence-electron chi connectivity index (χ2n) is 2.12. The Hall–Kier alpha value is -0.580. The lowest BCUT2D eigenvalue weighted by Crippen LogP contribution is -2.08. The van der Waals surface area contributed by atoms with E-state index in [4.69, 9.17) is 2.74 Å². The van der Waals surface area contributed by atoms with Gasteiger partial charge in [-0.2, -0.15) is 13.2 Å². The maximum atomic E-state index is 12.3. The topological polar surface area (TPSA) is 12.9 Å². The van der Waals surface area contributed by atoms with Gasteiger partial charge in [-0.15, -0.1) is 0 Å². The predicted molar refractivity (Wildman–Crippen MR) is 41.7 cm³/mol. The van der Waals surface area contributed by atoms with Crippen molar-refractivity contribution in [1.82, 2.24) is 4.98 Å². The molecule has 0 spiro atoms. The van der Waals surface area contributed by atoms with Crippen molar-refractivity contribution in [2.24, 2.45) is 0 Å². The second-order valence-corrected chi connectivity index (χ2v) is 2.88. The number of hydrogen-bond donors (Lipinski definition) is 0. The molecule has 5 heteroatoms. The lowest BCUT2D eigenvalue weighted by atomic mass is 10.2. The molecule has 0 fully saturated rings. The zero-order chi connectivity index (χ0) is 11.1. The molecule has 0 aliphatic carbocycles. The summed E-state index contributed by atoms with van der Waals surface area (Å²) in [4.78, 5) is 3.12. The summed E-state index contributed by atoms with van der Waals surface area (Å²) < 4.78 is 51.1. The highest BCUT2D eigenvalue weighted by molar-refractivity contribution is 9.10. The van der Waals surface area contributed by atoms with E-state index in [2.05, 4.69) is 20.9 Å². The van der Waals surface area contributed by atoms with Crippen LogP contribution < -0.4 is 0 Å². The summed E-state index contributed by atoms with van der Waals surface area (Å²) in [6.07, 6.45) is -4.65. The lowest BCUT2D eigenvalue weighted by molar-refractivity contribution is -0.141. The number of pyridine rings is 1. The fourth-order valence-electron chi connectivity index (χ4n) is 0.652. The summed E-state index contributed by atoms with van der Waals surface area (Å²) in [7, 11) is 0. The van der Waals surface area contributed by atoms with Gasteiger partial charge in [-0.1, -0.05) is 0 Å². The number of hydrogen-bond acceptors (Lipinski definition) is 1. The van der Waals surface area contributed by atoms with Crippen LogP contribution in [-0.2, 0) is 6.18 Å². The fraction of sp³-hybridized carbons (Fsp3) is 0.286. The Bertz CT molecular complexity index is 378. The van der Waals surface area contributed by atoms with E-state index in [0.29, 0.717) is 0 Å². The summed E-state index contributed by atoms with van der Waals surface area (Å²) in [6.45, 7) is 1.28. The SMILES string of the molecule is [2H]c1c(Br)nc(C(F)(F)F)c([2H])c1C. The molecule has 1 aromatic heterocycles. The van der Waals surface area contributed by atoms with Crippen molar-refractivity contribution < 1.29 is 15.9 Å². The van der Waals surface area contributed by atoms with Crippen LogP contribution in [-0.4, -0.2) is 4.98 Å². The quantitative estimate of drug-likeness (QED) is 0.636. The largest absolute Gasteiger partial charge is 0.433 e. The highest BCUT2D eigenvalue weighted by atomic mass is 79.9. The molecule has 0 bridgehead atoms. The minimum Gasteiger partial charge on any atom is -0.236 e. The standard InChI is InChI=1S/C7H5BrF3N/c1-4-2-5(7(9,10)11)12-6(8)3-4/h2-3H,1H3/i2D,3D. The average molecular weight is 242 g/mol. The molecule has 0 aliphatic heterocycles. The first-order valence-corrected chi connectivity index (χ1v) is 3.75. The number of nitrogens with zero attached hydrogens (tertiary/aromatic N) is 1. The maximum Gasteiger partial charge on any atom is 0.433 e. The third kappa shape index (κ3) is 2.20. The van der Waals surface area contributed by atoms with Gasteiger partial charge in [0.15, 0.2) is 0 Å². The van der Waals surface area contributed by atoms with Gasteiger partial charge in [-0.05, 0) is 40.5 Å². The summed E-state index contributed by atoms with van der Waals surface area (Å²) in [5.74, 6) is 0. The molecule has 0 radical (unpaired) electrons. The summed E-state index contributed by atoms with van der Waals surface area (Å²) in [6, 6.07) is -0.936. The van der Waals surface area contributed by atoms with Crippen LogP contribution in [0.5, 0.6) is 0 Å². The van der Waals surface area contributed by atoms with Crippen LogP contribution >= 0.6 is 15.9 Å². The molecule has 0 aromatic carbocycles. The van der Waals surface area contributed by atoms with Crippen LogP contribution in [0.1, 0.15) is 14.0 Å². The second kappa shape index (κ2) is 3.05. The molecule has 0 unspecified atom stereocenters. The van der Waals surface area contributed by atoms with E-state index in [1.54, 1.807) is 0 Å². The summed E-state index contributed by atoms with van der Waals surface area (Å²) >= 11 is 2.74. The van der Waals surface area contributed by atoms with Crippen LogP contribution in [0.2, 0.25) is 0 Å². The monoisotopic (exact) mass is 241 g/mol. The smallest absolute Gasteiger partial charge is 0.236 e. The number of halogens is 4. The molecule has 1 rings (SSSR count).